The van der Waals surface area contributed by atoms with Crippen LogP contribution in [-0.2, 0) is 11.3 Å². The largest absolute Gasteiger partial charge is 0.492 e. The van der Waals surface area contributed by atoms with E-state index in [1.54, 1.807) is 22.4 Å². The Morgan fingerprint density at radius 3 is 2.63 bits per heavy atom. The second kappa shape index (κ2) is 11.3. The standard InChI is InChI=1S/C29H38N6O2S/c1-6-24-28(36)34(5)25-16-30-29(32-27(25)35(24)17-22-14-19(3)18-38-22)31-23-9-8-21(15-26(23)37-7-2)20-10-12-33(4)13-11-20/h8-9,14-16,18,20,24H,6-7,10-13,17H2,1-5H3,(H,30,31,32)/t24-/m1/s1. The molecule has 1 N–H and O–H groups in total. The van der Waals surface area contributed by atoms with E-state index < -0.39 is 0 Å². The Hall–Kier alpha value is -3.17. The van der Waals surface area contributed by atoms with E-state index in [4.69, 9.17) is 9.72 Å². The van der Waals surface area contributed by atoms with Crippen LogP contribution in [0, 0.1) is 6.92 Å². The van der Waals surface area contributed by atoms with Gasteiger partial charge in [-0.1, -0.05) is 13.0 Å². The average Bonchev–Trinajstić information content (AvgIpc) is 3.33. The molecule has 2 aliphatic rings. The van der Waals surface area contributed by atoms with Gasteiger partial charge in [-0.25, -0.2) is 4.98 Å². The Bertz CT molecular complexity index is 1290. The first-order valence-electron chi connectivity index (χ1n) is 13.6. The highest BCUT2D eigenvalue weighted by Gasteiger charge is 2.37. The Morgan fingerprint density at radius 2 is 1.95 bits per heavy atom. The summed E-state index contributed by atoms with van der Waals surface area (Å²) in [6.45, 7) is 9.60. The molecule has 38 heavy (non-hydrogen) atoms. The average molecular weight is 535 g/mol. The summed E-state index contributed by atoms with van der Waals surface area (Å²) in [5, 5.41) is 5.55. The summed E-state index contributed by atoms with van der Waals surface area (Å²) in [6.07, 6.45) is 4.77. The molecule has 1 atom stereocenters. The van der Waals surface area contributed by atoms with Crippen molar-refractivity contribution >= 4 is 40.4 Å². The Labute approximate surface area is 229 Å². The molecule has 0 bridgehead atoms. The maximum Gasteiger partial charge on any atom is 0.249 e. The summed E-state index contributed by atoms with van der Waals surface area (Å²) >= 11 is 1.71. The number of aryl methyl sites for hydroxylation is 1. The predicted molar refractivity (Wildman–Crippen MR) is 155 cm³/mol. The molecule has 0 unspecified atom stereocenters. The number of nitrogens with one attached hydrogen (secondary N) is 1. The van der Waals surface area contributed by atoms with Gasteiger partial charge < -0.3 is 24.8 Å². The molecule has 4 heterocycles. The zero-order valence-electron chi connectivity index (χ0n) is 23.0. The number of hydrogen-bond acceptors (Lipinski definition) is 8. The van der Waals surface area contributed by atoms with Crippen molar-refractivity contribution in [1.82, 2.24) is 14.9 Å². The van der Waals surface area contributed by atoms with E-state index >= 15 is 0 Å². The molecule has 0 aliphatic carbocycles. The number of likely N-dealkylation sites (N-methyl/N-ethyl adjacent to an activating group) is 1. The van der Waals surface area contributed by atoms with E-state index in [2.05, 4.69) is 70.6 Å². The second-order valence-corrected chi connectivity index (χ2v) is 11.3. The molecule has 0 radical (unpaired) electrons. The number of anilines is 4. The zero-order chi connectivity index (χ0) is 26.8. The predicted octanol–water partition coefficient (Wildman–Crippen LogP) is 5.56. The van der Waals surface area contributed by atoms with Crippen molar-refractivity contribution in [3.8, 4) is 5.75 Å². The van der Waals surface area contributed by atoms with Gasteiger partial charge in [0.1, 0.15) is 17.5 Å². The third-order valence-corrected chi connectivity index (χ3v) is 8.65. The van der Waals surface area contributed by atoms with Gasteiger partial charge in [-0.2, -0.15) is 4.98 Å². The van der Waals surface area contributed by atoms with Crippen molar-refractivity contribution in [2.45, 2.75) is 58.5 Å². The van der Waals surface area contributed by atoms with Crippen LogP contribution in [0.15, 0.2) is 35.8 Å². The van der Waals surface area contributed by atoms with Gasteiger partial charge in [0.25, 0.3) is 0 Å². The first kappa shape index (κ1) is 26.4. The van der Waals surface area contributed by atoms with Gasteiger partial charge in [0, 0.05) is 11.9 Å². The molecular formula is C29H38N6O2S. The number of fused-ring (bicyclic) bond motifs is 1. The molecule has 3 aromatic rings. The first-order valence-corrected chi connectivity index (χ1v) is 14.4. The van der Waals surface area contributed by atoms with Gasteiger partial charge in [-0.3, -0.25) is 4.79 Å². The van der Waals surface area contributed by atoms with Gasteiger partial charge in [-0.15, -0.1) is 11.3 Å². The number of rotatable bonds is 8. The minimum atomic E-state index is -0.273. The van der Waals surface area contributed by atoms with E-state index in [1.165, 1.54) is 16.0 Å². The molecule has 5 rings (SSSR count). The summed E-state index contributed by atoms with van der Waals surface area (Å²) in [5.74, 6) is 2.69. The molecule has 1 saturated heterocycles. The SMILES string of the molecule is CCOc1cc(C2CCN(C)CC2)ccc1Nc1ncc2c(n1)N(Cc1cc(C)cs1)[C@H](CC)C(=O)N2C. The number of benzene rings is 1. The van der Waals surface area contributed by atoms with Gasteiger partial charge in [0.2, 0.25) is 11.9 Å². The van der Waals surface area contributed by atoms with Gasteiger partial charge in [-0.05, 0) is 93.9 Å². The maximum absolute atomic E-state index is 13.2. The van der Waals surface area contributed by atoms with Crippen molar-refractivity contribution in [1.29, 1.82) is 0 Å². The second-order valence-electron chi connectivity index (χ2n) is 10.3. The van der Waals surface area contributed by atoms with Crippen molar-refractivity contribution in [2.24, 2.45) is 0 Å². The number of piperidine rings is 1. The third kappa shape index (κ3) is 5.35. The van der Waals surface area contributed by atoms with Gasteiger partial charge in [0.05, 0.1) is 25.0 Å². The lowest BCUT2D eigenvalue weighted by molar-refractivity contribution is -0.120. The Kier molecular flexibility index (Phi) is 7.85. The molecule has 1 fully saturated rings. The number of hydrogen-bond donors (Lipinski definition) is 1. The molecule has 0 spiro atoms. The van der Waals surface area contributed by atoms with E-state index in [1.807, 2.05) is 14.0 Å². The quantitative estimate of drug-likeness (QED) is 0.406. The lowest BCUT2D eigenvalue weighted by Crippen LogP contribution is -2.52. The van der Waals surface area contributed by atoms with Crippen molar-refractivity contribution in [3.63, 3.8) is 0 Å². The van der Waals surface area contributed by atoms with Crippen LogP contribution < -0.4 is 19.9 Å². The summed E-state index contributed by atoms with van der Waals surface area (Å²) in [6, 6.07) is 8.36. The number of aromatic nitrogens is 2. The molecule has 8 nitrogen and oxygen atoms in total. The van der Waals surface area contributed by atoms with Crippen LogP contribution >= 0.6 is 11.3 Å². The van der Waals surface area contributed by atoms with E-state index in [0.717, 1.165) is 48.9 Å². The maximum atomic E-state index is 13.2. The fraction of sp³-hybridized carbons (Fsp3) is 0.483. The van der Waals surface area contributed by atoms with E-state index in [9.17, 15) is 4.79 Å². The Balaban J connectivity index is 1.45. The van der Waals surface area contributed by atoms with Crippen LogP contribution in [0.1, 0.15) is 55.0 Å². The number of carbonyl (C=O) groups excluding carboxylic acids is 1. The number of thiophene rings is 1. The molecule has 2 aromatic heterocycles. The monoisotopic (exact) mass is 534 g/mol. The first-order chi connectivity index (χ1) is 18.4. The normalized spacial score (nSPS) is 18.6. The van der Waals surface area contributed by atoms with Crippen LogP contribution in [0.2, 0.25) is 0 Å². The highest BCUT2D eigenvalue weighted by Crippen LogP contribution is 2.38. The summed E-state index contributed by atoms with van der Waals surface area (Å²) in [7, 11) is 3.99. The van der Waals surface area contributed by atoms with E-state index in [0.29, 0.717) is 31.4 Å². The molecule has 9 heteroatoms. The van der Waals surface area contributed by atoms with Gasteiger partial charge >= 0.3 is 0 Å². The van der Waals surface area contributed by atoms with Crippen molar-refractivity contribution in [2.75, 3.05) is 48.9 Å². The van der Waals surface area contributed by atoms with Crippen LogP contribution in [-0.4, -0.2) is 60.6 Å². The molecular weight excluding hydrogens is 496 g/mol. The molecule has 202 valence electrons. The van der Waals surface area contributed by atoms with Crippen LogP contribution in [0.3, 0.4) is 0 Å². The van der Waals surface area contributed by atoms with Crippen LogP contribution in [0.5, 0.6) is 5.75 Å². The number of likely N-dealkylation sites (tertiary alicyclic amines) is 1. The van der Waals surface area contributed by atoms with Crippen LogP contribution in [0.4, 0.5) is 23.1 Å². The molecule has 2 aliphatic heterocycles. The lowest BCUT2D eigenvalue weighted by atomic mass is 9.89. The highest BCUT2D eigenvalue weighted by molar-refractivity contribution is 7.10. The number of nitrogens with zero attached hydrogens (tertiary/aromatic N) is 5. The fourth-order valence-corrected chi connectivity index (χ4v) is 6.33. The Morgan fingerprint density at radius 1 is 1.16 bits per heavy atom. The number of ether oxygens (including phenoxy) is 1. The molecule has 1 aromatic carbocycles. The minimum absolute atomic E-state index is 0.0701. The number of amides is 1. The summed E-state index contributed by atoms with van der Waals surface area (Å²) < 4.78 is 6.05. The highest BCUT2D eigenvalue weighted by atomic mass is 32.1. The minimum Gasteiger partial charge on any atom is -0.492 e. The third-order valence-electron chi connectivity index (χ3n) is 7.61. The van der Waals surface area contributed by atoms with Crippen LogP contribution in [0.25, 0.3) is 0 Å². The summed E-state index contributed by atoms with van der Waals surface area (Å²) in [4.78, 5) is 30.1. The topological polar surface area (TPSA) is 73.8 Å². The lowest BCUT2D eigenvalue weighted by Gasteiger charge is -2.40. The molecule has 1 amide bonds. The number of carbonyl (C=O) groups is 1. The van der Waals surface area contributed by atoms with E-state index in [-0.39, 0.29) is 11.9 Å². The van der Waals surface area contributed by atoms with Crippen molar-refractivity contribution in [3.05, 3.63) is 51.8 Å². The summed E-state index contributed by atoms with van der Waals surface area (Å²) in [5.41, 5.74) is 4.12. The zero-order valence-corrected chi connectivity index (χ0v) is 23.8. The smallest absolute Gasteiger partial charge is 0.249 e. The molecule has 0 saturated carbocycles. The fourth-order valence-electron chi connectivity index (χ4n) is 5.45. The van der Waals surface area contributed by atoms with Gasteiger partial charge in [0.15, 0.2) is 5.82 Å². The van der Waals surface area contributed by atoms with Crippen molar-refractivity contribution < 1.29 is 9.53 Å².